The fourth-order valence-corrected chi connectivity index (χ4v) is 4.19. The fourth-order valence-electron chi connectivity index (χ4n) is 3.93. The molecule has 32 heavy (non-hydrogen) atoms. The number of carbonyl (C=O) groups is 2. The van der Waals surface area contributed by atoms with Crippen LogP contribution in [0.25, 0.3) is 11.0 Å². The molecule has 0 saturated heterocycles. The van der Waals surface area contributed by atoms with Gasteiger partial charge in [0.15, 0.2) is 5.72 Å². The molecule has 160 valence electrons. The molecule has 0 radical (unpaired) electrons. The summed E-state index contributed by atoms with van der Waals surface area (Å²) >= 11 is 3.41. The van der Waals surface area contributed by atoms with Gasteiger partial charge in [0.2, 0.25) is 0 Å². The lowest BCUT2D eigenvalue weighted by Gasteiger charge is -2.35. The van der Waals surface area contributed by atoms with E-state index < -0.39 is 11.8 Å². The molecule has 2 heterocycles. The number of fused-ring (bicyclic) bond motifs is 2. The van der Waals surface area contributed by atoms with E-state index in [0.717, 1.165) is 4.47 Å². The minimum Gasteiger partial charge on any atom is -0.375 e. The maximum Gasteiger partial charge on any atom is 0.414 e. The van der Waals surface area contributed by atoms with E-state index in [0.29, 0.717) is 33.4 Å². The van der Waals surface area contributed by atoms with Crippen molar-refractivity contribution in [3.8, 4) is 6.01 Å². The summed E-state index contributed by atoms with van der Waals surface area (Å²) in [4.78, 5) is 33.4. The first kappa shape index (κ1) is 20.2. The Kier molecular flexibility index (Phi) is 4.72. The van der Waals surface area contributed by atoms with Gasteiger partial charge in [0.05, 0.1) is 11.0 Å². The van der Waals surface area contributed by atoms with Crippen LogP contribution < -0.4 is 15.0 Å². The van der Waals surface area contributed by atoms with Crippen molar-refractivity contribution in [1.82, 2.24) is 15.3 Å². The third-order valence-electron chi connectivity index (χ3n) is 5.40. The van der Waals surface area contributed by atoms with Crippen molar-refractivity contribution in [2.45, 2.75) is 5.72 Å². The van der Waals surface area contributed by atoms with Gasteiger partial charge >= 0.3 is 12.1 Å². The van der Waals surface area contributed by atoms with Gasteiger partial charge in [-0.3, -0.25) is 9.69 Å². The summed E-state index contributed by atoms with van der Waals surface area (Å²) < 4.78 is 5.92. The summed E-state index contributed by atoms with van der Waals surface area (Å²) in [5, 5.41) is 14.4. The molecule has 8 nitrogen and oxygen atoms in total. The summed E-state index contributed by atoms with van der Waals surface area (Å²) in [6.45, 7) is 0. The van der Waals surface area contributed by atoms with Crippen LogP contribution in [0.2, 0.25) is 0 Å². The maximum absolute atomic E-state index is 13.4. The van der Waals surface area contributed by atoms with Gasteiger partial charge in [0.25, 0.3) is 5.91 Å². The first-order chi connectivity index (χ1) is 15.4. The number of imidazole rings is 1. The number of nitrogens with one attached hydrogen (secondary N) is 2. The molecule has 0 aliphatic carbocycles. The number of amides is 2. The predicted octanol–water partition coefficient (Wildman–Crippen LogP) is 3.90. The Morgan fingerprint density at radius 3 is 2.66 bits per heavy atom. The quantitative estimate of drug-likeness (QED) is 0.402. The second-order valence-electron chi connectivity index (χ2n) is 7.25. The van der Waals surface area contributed by atoms with E-state index in [1.54, 1.807) is 54.6 Å². The van der Waals surface area contributed by atoms with Crippen LogP contribution in [0.5, 0.6) is 6.01 Å². The molecular formula is C23H17BrN4O4. The van der Waals surface area contributed by atoms with Gasteiger partial charge in [-0.15, -0.1) is 0 Å². The minimum absolute atomic E-state index is 0.0242. The van der Waals surface area contributed by atoms with Crippen molar-refractivity contribution in [3.05, 3.63) is 87.9 Å². The van der Waals surface area contributed by atoms with Gasteiger partial charge in [-0.2, -0.15) is 4.98 Å². The summed E-state index contributed by atoms with van der Waals surface area (Å²) in [5.74, 6) is -0.307. The Bertz CT molecular complexity index is 1370. The topological polar surface area (TPSA) is 108 Å². The van der Waals surface area contributed by atoms with Gasteiger partial charge in [-0.25, -0.2) is 4.79 Å². The number of anilines is 1. The molecule has 1 aliphatic heterocycles. The highest BCUT2D eigenvalue weighted by Gasteiger charge is 2.50. The first-order valence-corrected chi connectivity index (χ1v) is 10.5. The van der Waals surface area contributed by atoms with Crippen molar-refractivity contribution < 1.29 is 19.4 Å². The number of carbonyl (C=O) groups excluding carboxylic acids is 2. The normalized spacial score (nSPS) is 17.5. The molecule has 2 amide bonds. The molecule has 1 unspecified atom stereocenters. The van der Waals surface area contributed by atoms with Crippen LogP contribution in [0.4, 0.5) is 10.5 Å². The number of hydrogen-bond donors (Lipinski definition) is 3. The van der Waals surface area contributed by atoms with Crippen molar-refractivity contribution in [1.29, 1.82) is 0 Å². The number of aromatic amines is 1. The monoisotopic (exact) mass is 492 g/mol. The number of hydrogen-bond acceptors (Lipinski definition) is 5. The van der Waals surface area contributed by atoms with Gasteiger partial charge < -0.3 is 20.1 Å². The van der Waals surface area contributed by atoms with E-state index in [9.17, 15) is 14.7 Å². The van der Waals surface area contributed by atoms with Crippen LogP contribution in [0.3, 0.4) is 0 Å². The van der Waals surface area contributed by atoms with E-state index >= 15 is 0 Å². The number of rotatable bonds is 3. The molecule has 1 aliphatic rings. The molecule has 1 aromatic heterocycles. The molecule has 3 aromatic carbocycles. The number of aromatic nitrogens is 2. The number of halogens is 1. The Morgan fingerprint density at radius 1 is 1.16 bits per heavy atom. The van der Waals surface area contributed by atoms with Crippen molar-refractivity contribution in [2.75, 3.05) is 11.9 Å². The molecule has 3 N–H and O–H groups in total. The Balaban J connectivity index is 1.67. The summed E-state index contributed by atoms with van der Waals surface area (Å²) in [5.41, 5.74) is 1.25. The van der Waals surface area contributed by atoms with Crippen molar-refractivity contribution in [2.24, 2.45) is 0 Å². The van der Waals surface area contributed by atoms with Crippen LogP contribution in [0, 0.1) is 0 Å². The zero-order chi connectivity index (χ0) is 22.5. The second-order valence-corrected chi connectivity index (χ2v) is 8.16. The SMILES string of the molecule is CNC(=O)Oc1nc2ccc(C3(O)c4ccccc4C(=O)N3c3ccc(Br)cc3)cc2[nH]1. The van der Waals surface area contributed by atoms with E-state index in [1.165, 1.54) is 11.9 Å². The van der Waals surface area contributed by atoms with E-state index in [2.05, 4.69) is 31.2 Å². The first-order valence-electron chi connectivity index (χ1n) is 9.73. The summed E-state index contributed by atoms with van der Waals surface area (Å²) in [7, 11) is 1.45. The molecular weight excluding hydrogens is 476 g/mol. The zero-order valence-electron chi connectivity index (χ0n) is 16.8. The van der Waals surface area contributed by atoms with Gasteiger partial charge in [0.1, 0.15) is 0 Å². The van der Waals surface area contributed by atoms with Crippen LogP contribution >= 0.6 is 15.9 Å². The largest absolute Gasteiger partial charge is 0.414 e. The highest BCUT2D eigenvalue weighted by atomic mass is 79.9. The lowest BCUT2D eigenvalue weighted by molar-refractivity contribution is 0.0704. The summed E-state index contributed by atoms with van der Waals surface area (Å²) in [6, 6.07) is 19.3. The van der Waals surface area contributed by atoms with Gasteiger partial charge in [0, 0.05) is 33.9 Å². The van der Waals surface area contributed by atoms with E-state index in [-0.39, 0.29) is 11.9 Å². The number of H-pyrrole nitrogens is 1. The summed E-state index contributed by atoms with van der Waals surface area (Å²) in [6.07, 6.45) is -0.653. The smallest absolute Gasteiger partial charge is 0.375 e. The lowest BCUT2D eigenvalue weighted by atomic mass is 9.93. The molecule has 0 spiro atoms. The second kappa shape index (κ2) is 7.47. The molecule has 0 saturated carbocycles. The number of benzene rings is 3. The molecule has 0 bridgehead atoms. The van der Waals surface area contributed by atoms with Crippen LogP contribution in [0.1, 0.15) is 21.5 Å². The molecule has 1 atom stereocenters. The third kappa shape index (κ3) is 3.05. The highest BCUT2D eigenvalue weighted by Crippen LogP contribution is 2.45. The number of aliphatic hydroxyl groups is 1. The minimum atomic E-state index is -1.75. The van der Waals surface area contributed by atoms with Crippen molar-refractivity contribution >= 4 is 44.7 Å². The van der Waals surface area contributed by atoms with Gasteiger partial charge in [-0.05, 0) is 42.5 Å². The zero-order valence-corrected chi connectivity index (χ0v) is 18.4. The fraction of sp³-hybridized carbons (Fsp3) is 0.0870. The van der Waals surface area contributed by atoms with Crippen LogP contribution in [0.15, 0.2) is 71.2 Å². The predicted molar refractivity (Wildman–Crippen MR) is 122 cm³/mol. The third-order valence-corrected chi connectivity index (χ3v) is 5.93. The molecule has 0 fully saturated rings. The lowest BCUT2D eigenvalue weighted by Crippen LogP contribution is -2.45. The Labute approximate surface area is 191 Å². The van der Waals surface area contributed by atoms with Gasteiger partial charge in [-0.1, -0.05) is 40.2 Å². The average Bonchev–Trinajstić information content (AvgIpc) is 3.30. The Morgan fingerprint density at radius 2 is 1.91 bits per heavy atom. The Hall–Kier alpha value is -3.69. The molecule has 4 aromatic rings. The van der Waals surface area contributed by atoms with E-state index in [4.69, 9.17) is 4.74 Å². The average molecular weight is 493 g/mol. The van der Waals surface area contributed by atoms with Crippen LogP contribution in [-0.2, 0) is 5.72 Å². The maximum atomic E-state index is 13.4. The number of ether oxygens (including phenoxy) is 1. The standard InChI is InChI=1S/C23H17BrN4O4/c1-25-22(30)32-21-26-18-11-6-13(12-19(18)27-21)23(31)17-5-3-2-4-16(17)20(29)28(23)15-9-7-14(24)8-10-15/h2-12,31H,1H3,(H,25,30)(H,26,27). The van der Waals surface area contributed by atoms with E-state index in [1.807, 2.05) is 12.1 Å². The molecule has 9 heteroatoms. The van der Waals surface area contributed by atoms with Crippen molar-refractivity contribution in [3.63, 3.8) is 0 Å². The highest BCUT2D eigenvalue weighted by molar-refractivity contribution is 9.10. The van der Waals surface area contributed by atoms with Crippen LogP contribution in [-0.4, -0.2) is 34.1 Å². The number of nitrogens with zero attached hydrogens (tertiary/aromatic N) is 2. The molecule has 5 rings (SSSR count).